The first-order valence-corrected chi connectivity index (χ1v) is 10.0. The Labute approximate surface area is 169 Å². The molecule has 4 rings (SSSR count). The van der Waals surface area contributed by atoms with Gasteiger partial charge in [-0.2, -0.15) is 18.2 Å². The Morgan fingerprint density at radius 3 is 2.69 bits per heavy atom. The predicted molar refractivity (Wildman–Crippen MR) is 97.4 cm³/mol. The van der Waals surface area contributed by atoms with Gasteiger partial charge in [-0.05, 0) is 56.2 Å². The van der Waals surface area contributed by atoms with Crippen LogP contribution in [0.2, 0.25) is 0 Å². The molecule has 2 saturated heterocycles. The summed E-state index contributed by atoms with van der Waals surface area (Å²) in [7, 11) is 0. The molecule has 4 heterocycles. The van der Waals surface area contributed by atoms with Crippen molar-refractivity contribution in [3.63, 3.8) is 0 Å². The number of nitrogens with zero attached hydrogens (tertiary/aromatic N) is 3. The normalized spacial score (nSPS) is 24.7. The SMILES string of the molecule is Cc1noc([C@@H]2C[C@@H]3CCN(Cc4sccc4C)C[C@H]3O2)n1.O=C(O)C(F)(F)F. The van der Waals surface area contributed by atoms with E-state index in [1.165, 1.54) is 16.9 Å². The third-order valence-corrected chi connectivity index (χ3v) is 6.04. The Bertz CT molecular complexity index is 838. The maximum atomic E-state index is 10.6. The van der Waals surface area contributed by atoms with Crippen molar-refractivity contribution in [2.45, 2.75) is 51.6 Å². The largest absolute Gasteiger partial charge is 0.490 e. The molecular weight excluding hydrogens is 411 g/mol. The van der Waals surface area contributed by atoms with Crippen LogP contribution in [-0.4, -0.2) is 51.5 Å². The van der Waals surface area contributed by atoms with Gasteiger partial charge >= 0.3 is 12.1 Å². The van der Waals surface area contributed by atoms with Gasteiger partial charge in [0.1, 0.15) is 6.10 Å². The maximum Gasteiger partial charge on any atom is 0.490 e. The van der Waals surface area contributed by atoms with Crippen molar-refractivity contribution < 1.29 is 32.3 Å². The van der Waals surface area contributed by atoms with E-state index < -0.39 is 12.1 Å². The van der Waals surface area contributed by atoms with Gasteiger partial charge in [-0.1, -0.05) is 5.16 Å². The summed E-state index contributed by atoms with van der Waals surface area (Å²) in [5.74, 6) is -0.804. The minimum Gasteiger partial charge on any atom is -0.475 e. The summed E-state index contributed by atoms with van der Waals surface area (Å²) in [6, 6.07) is 2.20. The Morgan fingerprint density at radius 1 is 1.41 bits per heavy atom. The molecule has 2 aliphatic rings. The van der Waals surface area contributed by atoms with Gasteiger partial charge in [-0.15, -0.1) is 11.3 Å². The minimum atomic E-state index is -5.08. The number of alkyl halides is 3. The van der Waals surface area contributed by atoms with Crippen molar-refractivity contribution in [3.05, 3.63) is 33.6 Å². The topological polar surface area (TPSA) is 88.7 Å². The summed E-state index contributed by atoms with van der Waals surface area (Å²) in [6.45, 7) is 7.24. The van der Waals surface area contributed by atoms with Gasteiger partial charge in [0.25, 0.3) is 5.89 Å². The summed E-state index contributed by atoms with van der Waals surface area (Å²) in [4.78, 5) is 17.2. The number of aryl methyl sites for hydroxylation is 2. The van der Waals surface area contributed by atoms with E-state index in [2.05, 4.69) is 33.4 Å². The van der Waals surface area contributed by atoms with E-state index in [1.54, 1.807) is 0 Å². The fourth-order valence-corrected chi connectivity index (χ4v) is 4.46. The first-order chi connectivity index (χ1) is 13.6. The number of ether oxygens (including phenoxy) is 1. The van der Waals surface area contributed by atoms with Gasteiger partial charge in [0.05, 0.1) is 6.10 Å². The average molecular weight is 433 g/mol. The van der Waals surface area contributed by atoms with Crippen molar-refractivity contribution in [2.75, 3.05) is 13.1 Å². The number of carboxylic acids is 1. The number of aromatic nitrogens is 2. The second-order valence-electron chi connectivity index (χ2n) is 7.19. The molecule has 29 heavy (non-hydrogen) atoms. The number of thiophene rings is 1. The third kappa shape index (κ3) is 5.55. The molecule has 0 radical (unpaired) electrons. The van der Waals surface area contributed by atoms with Crippen molar-refractivity contribution in [3.8, 4) is 0 Å². The monoisotopic (exact) mass is 433 g/mol. The van der Waals surface area contributed by atoms with E-state index in [0.29, 0.717) is 23.7 Å². The molecule has 0 aromatic carbocycles. The molecule has 0 saturated carbocycles. The van der Waals surface area contributed by atoms with Crippen molar-refractivity contribution in [1.29, 1.82) is 0 Å². The van der Waals surface area contributed by atoms with E-state index in [1.807, 2.05) is 18.3 Å². The molecule has 7 nitrogen and oxygen atoms in total. The van der Waals surface area contributed by atoms with Crippen LogP contribution in [0, 0.1) is 19.8 Å². The van der Waals surface area contributed by atoms with Crippen LogP contribution < -0.4 is 0 Å². The molecule has 1 N–H and O–H groups in total. The molecule has 3 atom stereocenters. The lowest BCUT2D eigenvalue weighted by Gasteiger charge is -2.33. The van der Waals surface area contributed by atoms with Gasteiger partial charge in [-0.3, -0.25) is 4.90 Å². The van der Waals surface area contributed by atoms with Crippen LogP contribution in [0.3, 0.4) is 0 Å². The molecule has 2 aliphatic heterocycles. The highest BCUT2D eigenvalue weighted by Gasteiger charge is 2.41. The fourth-order valence-electron chi connectivity index (χ4n) is 3.51. The van der Waals surface area contributed by atoms with Gasteiger partial charge in [0.15, 0.2) is 5.82 Å². The molecule has 0 unspecified atom stereocenters. The molecular formula is C18H22F3N3O4S. The van der Waals surface area contributed by atoms with Crippen LogP contribution in [0.5, 0.6) is 0 Å². The molecule has 0 bridgehead atoms. The summed E-state index contributed by atoms with van der Waals surface area (Å²) < 4.78 is 43.2. The zero-order valence-electron chi connectivity index (χ0n) is 16.0. The van der Waals surface area contributed by atoms with Gasteiger partial charge in [0.2, 0.25) is 0 Å². The van der Waals surface area contributed by atoms with E-state index >= 15 is 0 Å². The number of carboxylic acid groups (broad SMARTS) is 1. The van der Waals surface area contributed by atoms with Crippen molar-refractivity contribution >= 4 is 17.3 Å². The smallest absolute Gasteiger partial charge is 0.475 e. The van der Waals surface area contributed by atoms with Gasteiger partial charge < -0.3 is 14.4 Å². The lowest BCUT2D eigenvalue weighted by Crippen LogP contribution is -2.41. The highest BCUT2D eigenvalue weighted by atomic mass is 32.1. The first kappa shape index (κ1) is 21.7. The van der Waals surface area contributed by atoms with E-state index in [0.717, 1.165) is 26.1 Å². The fraction of sp³-hybridized carbons (Fsp3) is 0.611. The van der Waals surface area contributed by atoms with Crippen LogP contribution in [0.25, 0.3) is 0 Å². The van der Waals surface area contributed by atoms with E-state index in [9.17, 15) is 13.2 Å². The standard InChI is InChI=1S/C16H21N3O2S.C2HF3O2/c1-10-4-6-22-15(10)9-19-5-3-12-7-13(20-14(12)8-19)16-17-11(2)18-21-16;3-2(4,5)1(6)7/h4,6,12-14H,3,5,7-9H2,1-2H3;(H,6,7)/t12-,13-,14+;/m0./s1. The van der Waals surface area contributed by atoms with Crippen LogP contribution >= 0.6 is 11.3 Å². The number of fused-ring (bicyclic) bond motifs is 1. The summed E-state index contributed by atoms with van der Waals surface area (Å²) >= 11 is 1.85. The number of likely N-dealkylation sites (tertiary alicyclic amines) is 1. The number of carbonyl (C=O) groups is 1. The number of hydrogen-bond donors (Lipinski definition) is 1. The molecule has 2 aromatic heterocycles. The minimum absolute atomic E-state index is 0.0142. The molecule has 11 heteroatoms. The van der Waals surface area contributed by atoms with Crippen LogP contribution in [-0.2, 0) is 16.1 Å². The zero-order valence-corrected chi connectivity index (χ0v) is 16.8. The number of halogens is 3. The van der Waals surface area contributed by atoms with Crippen molar-refractivity contribution in [1.82, 2.24) is 15.0 Å². The molecule has 2 fully saturated rings. The predicted octanol–water partition coefficient (Wildman–Crippen LogP) is 3.73. The van der Waals surface area contributed by atoms with Crippen molar-refractivity contribution in [2.24, 2.45) is 5.92 Å². The summed E-state index contributed by atoms with van der Waals surface area (Å²) in [5.41, 5.74) is 1.40. The maximum absolute atomic E-state index is 10.6. The molecule has 2 aromatic rings. The van der Waals surface area contributed by atoms with Gasteiger partial charge in [-0.25, -0.2) is 4.79 Å². The number of hydrogen-bond acceptors (Lipinski definition) is 7. The molecule has 0 spiro atoms. The van der Waals surface area contributed by atoms with Crippen LogP contribution in [0.4, 0.5) is 13.2 Å². The second kappa shape index (κ2) is 8.80. The number of aliphatic carboxylic acids is 1. The number of piperidine rings is 1. The molecule has 0 aliphatic carbocycles. The summed E-state index contributed by atoms with van der Waals surface area (Å²) in [5, 5.41) is 13.2. The Balaban J connectivity index is 0.000000298. The quantitative estimate of drug-likeness (QED) is 0.789. The summed E-state index contributed by atoms with van der Waals surface area (Å²) in [6.07, 6.45) is -2.59. The van der Waals surface area contributed by atoms with Gasteiger partial charge in [0, 0.05) is 18.0 Å². The Morgan fingerprint density at radius 2 is 2.14 bits per heavy atom. The lowest BCUT2D eigenvalue weighted by molar-refractivity contribution is -0.192. The second-order valence-corrected chi connectivity index (χ2v) is 8.19. The lowest BCUT2D eigenvalue weighted by atomic mass is 9.91. The molecule has 0 amide bonds. The van der Waals surface area contributed by atoms with Crippen LogP contribution in [0.15, 0.2) is 16.0 Å². The highest BCUT2D eigenvalue weighted by Crippen LogP contribution is 2.40. The average Bonchev–Trinajstić information content (AvgIpc) is 3.35. The van der Waals surface area contributed by atoms with E-state index in [4.69, 9.17) is 19.2 Å². The Hall–Kier alpha value is -1.98. The van der Waals surface area contributed by atoms with E-state index in [-0.39, 0.29) is 6.10 Å². The Kier molecular flexibility index (Phi) is 6.59. The first-order valence-electron chi connectivity index (χ1n) is 9.14. The molecule has 160 valence electrons. The third-order valence-electron chi connectivity index (χ3n) is 5.03. The zero-order chi connectivity index (χ0) is 21.2. The van der Waals surface area contributed by atoms with Crippen LogP contribution in [0.1, 0.15) is 41.1 Å². The number of rotatable bonds is 3. The highest BCUT2D eigenvalue weighted by molar-refractivity contribution is 7.10.